The number of hydrogen-bond donors (Lipinski definition) is 1. The van der Waals surface area contributed by atoms with Crippen molar-refractivity contribution in [2.75, 3.05) is 6.54 Å². The van der Waals surface area contributed by atoms with E-state index in [2.05, 4.69) is 36.1 Å². The number of aromatic nitrogens is 2. The van der Waals surface area contributed by atoms with E-state index < -0.39 is 0 Å². The van der Waals surface area contributed by atoms with E-state index in [0.29, 0.717) is 6.04 Å². The Kier molecular flexibility index (Phi) is 6.88. The summed E-state index contributed by atoms with van der Waals surface area (Å²) in [7, 11) is 0. The molecule has 0 saturated heterocycles. The maximum Gasteiger partial charge on any atom is 0.0756 e. The fourth-order valence-corrected chi connectivity index (χ4v) is 2.17. The summed E-state index contributed by atoms with van der Waals surface area (Å²) < 4.78 is 0. The molecule has 0 fully saturated rings. The fraction of sp³-hybridized carbons (Fsp3) is 0.733. The first-order chi connectivity index (χ1) is 8.71. The van der Waals surface area contributed by atoms with Crippen molar-refractivity contribution in [3.63, 3.8) is 0 Å². The molecule has 0 saturated carbocycles. The average molecular weight is 249 g/mol. The SMILES string of the molecule is CCCNC(CC(CC)CC)c1cnc(C)cn1. The lowest BCUT2D eigenvalue weighted by atomic mass is 9.93. The zero-order valence-electron chi connectivity index (χ0n) is 12.2. The lowest BCUT2D eigenvalue weighted by Crippen LogP contribution is -2.25. The van der Waals surface area contributed by atoms with E-state index in [1.165, 1.54) is 12.8 Å². The van der Waals surface area contributed by atoms with Gasteiger partial charge in [-0.3, -0.25) is 9.97 Å². The number of nitrogens with zero attached hydrogens (tertiary/aromatic N) is 2. The van der Waals surface area contributed by atoms with Crippen LogP contribution in [0, 0.1) is 12.8 Å². The molecular weight excluding hydrogens is 222 g/mol. The minimum Gasteiger partial charge on any atom is -0.309 e. The topological polar surface area (TPSA) is 37.8 Å². The summed E-state index contributed by atoms with van der Waals surface area (Å²) in [4.78, 5) is 8.89. The quantitative estimate of drug-likeness (QED) is 0.764. The van der Waals surface area contributed by atoms with Crippen LogP contribution in [0.2, 0.25) is 0 Å². The highest BCUT2D eigenvalue weighted by Gasteiger charge is 2.16. The molecule has 0 aliphatic rings. The summed E-state index contributed by atoms with van der Waals surface area (Å²) in [6, 6.07) is 0.350. The molecule has 3 nitrogen and oxygen atoms in total. The maximum atomic E-state index is 4.53. The Hall–Kier alpha value is -0.960. The molecule has 102 valence electrons. The molecular formula is C15H27N3. The van der Waals surface area contributed by atoms with Crippen molar-refractivity contribution in [2.24, 2.45) is 5.92 Å². The van der Waals surface area contributed by atoms with Gasteiger partial charge in [0.25, 0.3) is 0 Å². The van der Waals surface area contributed by atoms with Gasteiger partial charge in [0, 0.05) is 6.20 Å². The smallest absolute Gasteiger partial charge is 0.0756 e. The second kappa shape index (κ2) is 8.20. The molecule has 18 heavy (non-hydrogen) atoms. The normalized spacial score (nSPS) is 12.9. The van der Waals surface area contributed by atoms with Gasteiger partial charge in [-0.1, -0.05) is 33.6 Å². The van der Waals surface area contributed by atoms with Crippen LogP contribution in [0.3, 0.4) is 0 Å². The number of nitrogens with one attached hydrogen (secondary N) is 1. The molecule has 0 bridgehead atoms. The van der Waals surface area contributed by atoms with Gasteiger partial charge in [0.1, 0.15) is 0 Å². The van der Waals surface area contributed by atoms with Crippen LogP contribution in [0.1, 0.15) is 63.9 Å². The predicted molar refractivity (Wildman–Crippen MR) is 76.5 cm³/mol. The summed E-state index contributed by atoms with van der Waals surface area (Å²) in [6.45, 7) is 9.76. The Morgan fingerprint density at radius 2 is 1.83 bits per heavy atom. The molecule has 1 aromatic rings. The van der Waals surface area contributed by atoms with Gasteiger partial charge in [-0.2, -0.15) is 0 Å². The van der Waals surface area contributed by atoms with Gasteiger partial charge in [0.05, 0.1) is 23.6 Å². The van der Waals surface area contributed by atoms with Gasteiger partial charge in [0.15, 0.2) is 0 Å². The molecule has 0 aromatic carbocycles. The third kappa shape index (κ3) is 4.73. The van der Waals surface area contributed by atoms with Gasteiger partial charge in [-0.05, 0) is 32.2 Å². The molecule has 0 aliphatic heterocycles. The molecule has 1 heterocycles. The van der Waals surface area contributed by atoms with Gasteiger partial charge >= 0.3 is 0 Å². The second-order valence-corrected chi connectivity index (χ2v) is 5.01. The van der Waals surface area contributed by atoms with E-state index in [1.54, 1.807) is 0 Å². The van der Waals surface area contributed by atoms with Crippen LogP contribution >= 0.6 is 0 Å². The zero-order chi connectivity index (χ0) is 13.4. The van der Waals surface area contributed by atoms with Crippen molar-refractivity contribution in [3.05, 3.63) is 23.8 Å². The monoisotopic (exact) mass is 249 g/mol. The standard InChI is InChI=1S/C15H27N3/c1-5-8-16-14(9-13(6-2)7-3)15-11-17-12(4)10-18-15/h10-11,13-14,16H,5-9H2,1-4H3. The lowest BCUT2D eigenvalue weighted by Gasteiger charge is -2.22. The van der Waals surface area contributed by atoms with Gasteiger partial charge in [-0.25, -0.2) is 0 Å². The van der Waals surface area contributed by atoms with Crippen molar-refractivity contribution in [1.82, 2.24) is 15.3 Å². The minimum atomic E-state index is 0.350. The maximum absolute atomic E-state index is 4.53. The van der Waals surface area contributed by atoms with Crippen molar-refractivity contribution >= 4 is 0 Å². The molecule has 0 aliphatic carbocycles. The summed E-state index contributed by atoms with van der Waals surface area (Å²) in [5, 5.41) is 3.60. The average Bonchev–Trinajstić information content (AvgIpc) is 2.40. The van der Waals surface area contributed by atoms with E-state index in [-0.39, 0.29) is 0 Å². The minimum absolute atomic E-state index is 0.350. The molecule has 0 spiro atoms. The highest BCUT2D eigenvalue weighted by Crippen LogP contribution is 2.23. The first-order valence-electron chi connectivity index (χ1n) is 7.23. The molecule has 1 rings (SSSR count). The molecule has 1 aromatic heterocycles. The first kappa shape index (κ1) is 15.1. The third-order valence-electron chi connectivity index (χ3n) is 3.52. The first-order valence-corrected chi connectivity index (χ1v) is 7.23. The van der Waals surface area contributed by atoms with Crippen LogP contribution in [-0.4, -0.2) is 16.5 Å². The van der Waals surface area contributed by atoms with Crippen LogP contribution in [0.4, 0.5) is 0 Å². The Balaban J connectivity index is 2.73. The highest BCUT2D eigenvalue weighted by molar-refractivity contribution is 5.06. The summed E-state index contributed by atoms with van der Waals surface area (Å²) in [5.41, 5.74) is 2.07. The molecule has 1 N–H and O–H groups in total. The van der Waals surface area contributed by atoms with Gasteiger partial charge in [0.2, 0.25) is 0 Å². The van der Waals surface area contributed by atoms with Crippen LogP contribution in [0.5, 0.6) is 0 Å². The van der Waals surface area contributed by atoms with Crippen LogP contribution in [0.15, 0.2) is 12.4 Å². The van der Waals surface area contributed by atoms with Crippen LogP contribution < -0.4 is 5.32 Å². The van der Waals surface area contributed by atoms with Crippen molar-refractivity contribution in [2.45, 2.75) is 59.4 Å². The van der Waals surface area contributed by atoms with E-state index in [0.717, 1.165) is 36.7 Å². The summed E-state index contributed by atoms with van der Waals surface area (Å²) in [5.74, 6) is 0.766. The van der Waals surface area contributed by atoms with Crippen LogP contribution in [0.25, 0.3) is 0 Å². The van der Waals surface area contributed by atoms with Crippen LogP contribution in [-0.2, 0) is 0 Å². The Bertz CT molecular complexity index is 317. The van der Waals surface area contributed by atoms with E-state index in [1.807, 2.05) is 19.3 Å². The zero-order valence-corrected chi connectivity index (χ0v) is 12.2. The molecule has 0 amide bonds. The molecule has 1 atom stereocenters. The fourth-order valence-electron chi connectivity index (χ4n) is 2.17. The van der Waals surface area contributed by atoms with Gasteiger partial charge < -0.3 is 5.32 Å². The Labute approximate surface area is 111 Å². The van der Waals surface area contributed by atoms with Crippen molar-refractivity contribution in [1.29, 1.82) is 0 Å². The number of hydrogen-bond acceptors (Lipinski definition) is 3. The second-order valence-electron chi connectivity index (χ2n) is 5.01. The highest BCUT2D eigenvalue weighted by atomic mass is 14.9. The summed E-state index contributed by atoms with van der Waals surface area (Å²) >= 11 is 0. The Morgan fingerprint density at radius 1 is 1.11 bits per heavy atom. The molecule has 1 unspecified atom stereocenters. The van der Waals surface area contributed by atoms with E-state index in [4.69, 9.17) is 0 Å². The number of aryl methyl sites for hydroxylation is 1. The lowest BCUT2D eigenvalue weighted by molar-refractivity contribution is 0.366. The molecule has 3 heteroatoms. The molecule has 0 radical (unpaired) electrons. The predicted octanol–water partition coefficient (Wildman–Crippen LogP) is 3.65. The third-order valence-corrected chi connectivity index (χ3v) is 3.52. The largest absolute Gasteiger partial charge is 0.309 e. The van der Waals surface area contributed by atoms with Crippen molar-refractivity contribution in [3.8, 4) is 0 Å². The Morgan fingerprint density at radius 3 is 2.33 bits per heavy atom. The van der Waals surface area contributed by atoms with Crippen molar-refractivity contribution < 1.29 is 0 Å². The number of rotatable bonds is 8. The van der Waals surface area contributed by atoms with E-state index >= 15 is 0 Å². The summed E-state index contributed by atoms with van der Waals surface area (Å²) in [6.07, 6.45) is 8.57. The van der Waals surface area contributed by atoms with E-state index in [9.17, 15) is 0 Å². The van der Waals surface area contributed by atoms with Gasteiger partial charge in [-0.15, -0.1) is 0 Å².